The van der Waals surface area contributed by atoms with Crippen molar-refractivity contribution in [1.82, 2.24) is 15.0 Å². The molecule has 2 fully saturated rings. The van der Waals surface area contributed by atoms with Gasteiger partial charge in [0.1, 0.15) is 6.61 Å². The lowest BCUT2D eigenvalue weighted by molar-refractivity contribution is -0.139. The van der Waals surface area contributed by atoms with Crippen LogP contribution in [0.5, 0.6) is 0 Å². The second-order valence-electron chi connectivity index (χ2n) is 7.50. The van der Waals surface area contributed by atoms with E-state index in [4.69, 9.17) is 14.0 Å². The van der Waals surface area contributed by atoms with Gasteiger partial charge in [0.2, 0.25) is 11.8 Å². The first kappa shape index (κ1) is 19.1. The number of nitrogens with zero attached hydrogens (tertiary/aromatic N) is 3. The summed E-state index contributed by atoms with van der Waals surface area (Å²) in [6.07, 6.45) is 4.87. The van der Waals surface area contributed by atoms with Crippen LogP contribution in [-0.4, -0.2) is 53.4 Å². The van der Waals surface area contributed by atoms with E-state index < -0.39 is 0 Å². The predicted octanol–water partition coefficient (Wildman–Crippen LogP) is 2.71. The average Bonchev–Trinajstić information content (AvgIpc) is 3.48. The highest BCUT2D eigenvalue weighted by atomic mass is 16.5. The van der Waals surface area contributed by atoms with Gasteiger partial charge in [-0.05, 0) is 31.2 Å². The predicted molar refractivity (Wildman–Crippen MR) is 102 cm³/mol. The molecular weight excluding hydrogens is 358 g/mol. The molecule has 28 heavy (non-hydrogen) atoms. The number of carbonyl (C=O) groups excluding carboxylic acids is 1. The standard InChI is InChI=1S/C21H27N3O4/c25-20(15-26-14-16-4-2-1-3-5-16)24-11-8-18(9-12-24)27-13-10-19-22-21(28-23-19)17-6-7-17/h1-5,17-18H,6-15H2. The molecule has 1 aromatic carbocycles. The van der Waals surface area contributed by atoms with Crippen molar-refractivity contribution in [3.05, 3.63) is 47.6 Å². The van der Waals surface area contributed by atoms with Gasteiger partial charge in [-0.1, -0.05) is 35.5 Å². The van der Waals surface area contributed by atoms with Crippen molar-refractivity contribution in [2.45, 2.75) is 50.7 Å². The molecule has 2 aliphatic rings. The molecule has 1 saturated carbocycles. The third-order valence-corrected chi connectivity index (χ3v) is 5.22. The number of rotatable bonds is 9. The van der Waals surface area contributed by atoms with E-state index in [0.717, 1.165) is 43.0 Å². The normalized spacial score (nSPS) is 17.8. The lowest BCUT2D eigenvalue weighted by atomic mass is 10.1. The van der Waals surface area contributed by atoms with Crippen LogP contribution in [0.4, 0.5) is 0 Å². The highest BCUT2D eigenvalue weighted by Crippen LogP contribution is 2.38. The molecule has 2 heterocycles. The minimum Gasteiger partial charge on any atom is -0.378 e. The Kier molecular flexibility index (Phi) is 6.34. The van der Waals surface area contributed by atoms with Crippen LogP contribution in [0, 0.1) is 0 Å². The average molecular weight is 385 g/mol. The maximum absolute atomic E-state index is 12.3. The van der Waals surface area contributed by atoms with Gasteiger partial charge < -0.3 is 18.9 Å². The summed E-state index contributed by atoms with van der Waals surface area (Å²) in [6.45, 7) is 2.60. The van der Waals surface area contributed by atoms with E-state index in [1.165, 1.54) is 0 Å². The smallest absolute Gasteiger partial charge is 0.248 e. The van der Waals surface area contributed by atoms with Crippen molar-refractivity contribution >= 4 is 5.91 Å². The number of hydrogen-bond acceptors (Lipinski definition) is 6. The van der Waals surface area contributed by atoms with Crippen molar-refractivity contribution < 1.29 is 18.8 Å². The van der Waals surface area contributed by atoms with Gasteiger partial charge in [0.15, 0.2) is 5.82 Å². The fourth-order valence-electron chi connectivity index (χ4n) is 3.38. The molecule has 1 aliphatic heterocycles. The molecule has 0 atom stereocenters. The SMILES string of the molecule is O=C(COCc1ccccc1)N1CCC(OCCc2noc(C3CC3)n2)CC1. The Morgan fingerprint density at radius 2 is 1.93 bits per heavy atom. The van der Waals surface area contributed by atoms with Crippen molar-refractivity contribution in [2.24, 2.45) is 0 Å². The highest BCUT2D eigenvalue weighted by Gasteiger charge is 2.29. The molecule has 7 heteroatoms. The maximum atomic E-state index is 12.3. The molecule has 1 saturated heterocycles. The number of benzene rings is 1. The summed E-state index contributed by atoms with van der Waals surface area (Å²) in [6, 6.07) is 9.89. The van der Waals surface area contributed by atoms with Gasteiger partial charge in [-0.3, -0.25) is 4.79 Å². The van der Waals surface area contributed by atoms with Crippen LogP contribution in [0.1, 0.15) is 48.9 Å². The number of likely N-dealkylation sites (tertiary alicyclic amines) is 1. The van der Waals surface area contributed by atoms with E-state index in [1.807, 2.05) is 35.2 Å². The molecule has 0 bridgehead atoms. The van der Waals surface area contributed by atoms with E-state index in [0.29, 0.717) is 38.6 Å². The van der Waals surface area contributed by atoms with Crippen molar-refractivity contribution in [2.75, 3.05) is 26.3 Å². The quantitative estimate of drug-likeness (QED) is 0.660. The Morgan fingerprint density at radius 1 is 1.14 bits per heavy atom. The fourth-order valence-corrected chi connectivity index (χ4v) is 3.38. The molecule has 2 aromatic rings. The lowest BCUT2D eigenvalue weighted by Gasteiger charge is -2.31. The van der Waals surface area contributed by atoms with Crippen molar-refractivity contribution in [3.63, 3.8) is 0 Å². The van der Waals surface area contributed by atoms with Gasteiger partial charge in [0, 0.05) is 25.4 Å². The van der Waals surface area contributed by atoms with Crippen molar-refractivity contribution in [1.29, 1.82) is 0 Å². The zero-order valence-electron chi connectivity index (χ0n) is 16.1. The first-order valence-electron chi connectivity index (χ1n) is 10.1. The number of hydrogen-bond donors (Lipinski definition) is 0. The topological polar surface area (TPSA) is 77.7 Å². The highest BCUT2D eigenvalue weighted by molar-refractivity contribution is 5.77. The first-order valence-corrected chi connectivity index (χ1v) is 10.1. The van der Waals surface area contributed by atoms with Crippen LogP contribution < -0.4 is 0 Å². The van der Waals surface area contributed by atoms with Gasteiger partial charge in [0.05, 0.1) is 19.3 Å². The largest absolute Gasteiger partial charge is 0.378 e. The van der Waals surface area contributed by atoms with Crippen LogP contribution in [0.2, 0.25) is 0 Å². The van der Waals surface area contributed by atoms with E-state index in [-0.39, 0.29) is 18.6 Å². The second-order valence-corrected chi connectivity index (χ2v) is 7.50. The Labute approximate surface area is 165 Å². The molecule has 1 aromatic heterocycles. The molecular formula is C21H27N3O4. The van der Waals surface area contributed by atoms with Crippen LogP contribution in [0.25, 0.3) is 0 Å². The molecule has 4 rings (SSSR count). The van der Waals surface area contributed by atoms with Crippen LogP contribution in [-0.2, 0) is 27.3 Å². The van der Waals surface area contributed by atoms with Crippen molar-refractivity contribution in [3.8, 4) is 0 Å². The van der Waals surface area contributed by atoms with Gasteiger partial charge in [-0.15, -0.1) is 0 Å². The summed E-state index contributed by atoms with van der Waals surface area (Å²) in [4.78, 5) is 18.6. The Bertz CT molecular complexity index is 752. The minimum absolute atomic E-state index is 0.0498. The zero-order chi connectivity index (χ0) is 19.2. The third-order valence-electron chi connectivity index (χ3n) is 5.22. The number of aromatic nitrogens is 2. The van der Waals surface area contributed by atoms with E-state index in [9.17, 15) is 4.79 Å². The van der Waals surface area contributed by atoms with E-state index in [2.05, 4.69) is 10.1 Å². The monoisotopic (exact) mass is 385 g/mol. The van der Waals surface area contributed by atoms with Crippen LogP contribution in [0.15, 0.2) is 34.9 Å². The molecule has 1 amide bonds. The Balaban J connectivity index is 1.10. The van der Waals surface area contributed by atoms with Crippen LogP contribution in [0.3, 0.4) is 0 Å². The summed E-state index contributed by atoms with van der Waals surface area (Å²) >= 11 is 0. The Hall–Kier alpha value is -2.25. The van der Waals surface area contributed by atoms with Gasteiger partial charge in [0.25, 0.3) is 0 Å². The Morgan fingerprint density at radius 3 is 2.68 bits per heavy atom. The summed E-state index contributed by atoms with van der Waals surface area (Å²) in [5.74, 6) is 2.04. The number of carbonyl (C=O) groups is 1. The van der Waals surface area contributed by atoms with Crippen LogP contribution >= 0.6 is 0 Å². The van der Waals surface area contributed by atoms with Gasteiger partial charge >= 0.3 is 0 Å². The first-order chi connectivity index (χ1) is 13.8. The summed E-state index contributed by atoms with van der Waals surface area (Å²) in [5, 5.41) is 4.01. The summed E-state index contributed by atoms with van der Waals surface area (Å²) < 4.78 is 16.8. The molecule has 0 spiro atoms. The van der Waals surface area contributed by atoms with E-state index >= 15 is 0 Å². The second kappa shape index (κ2) is 9.30. The molecule has 150 valence electrons. The lowest BCUT2D eigenvalue weighted by Crippen LogP contribution is -2.42. The fraction of sp³-hybridized carbons (Fsp3) is 0.571. The number of ether oxygens (including phenoxy) is 2. The molecule has 7 nitrogen and oxygen atoms in total. The zero-order valence-corrected chi connectivity index (χ0v) is 16.1. The summed E-state index contributed by atoms with van der Waals surface area (Å²) in [5.41, 5.74) is 1.08. The van der Waals surface area contributed by atoms with Gasteiger partial charge in [-0.25, -0.2) is 0 Å². The maximum Gasteiger partial charge on any atom is 0.248 e. The van der Waals surface area contributed by atoms with E-state index in [1.54, 1.807) is 0 Å². The molecule has 1 aliphatic carbocycles. The van der Waals surface area contributed by atoms with Gasteiger partial charge in [-0.2, -0.15) is 4.98 Å². The number of amides is 1. The molecule has 0 unspecified atom stereocenters. The number of piperidine rings is 1. The molecule has 0 N–H and O–H groups in total. The molecule has 0 radical (unpaired) electrons. The minimum atomic E-state index is 0.0498. The summed E-state index contributed by atoms with van der Waals surface area (Å²) in [7, 11) is 0. The third kappa shape index (κ3) is 5.39.